The summed E-state index contributed by atoms with van der Waals surface area (Å²) in [6.07, 6.45) is 14.4. The topological polar surface area (TPSA) is 15.3 Å². The van der Waals surface area contributed by atoms with E-state index in [9.17, 15) is 0 Å². The molecule has 0 aromatic carbocycles. The minimum absolute atomic E-state index is 0.738. The van der Waals surface area contributed by atoms with Gasteiger partial charge in [-0.15, -0.1) is 0 Å². The molecule has 1 aliphatic carbocycles. The van der Waals surface area contributed by atoms with Crippen molar-refractivity contribution in [3.8, 4) is 0 Å². The number of nitrogens with one attached hydrogen (secondary N) is 1. The summed E-state index contributed by atoms with van der Waals surface area (Å²) < 4.78 is 0. The molecule has 1 rings (SSSR count). The molecule has 1 N–H and O–H groups in total. The van der Waals surface area contributed by atoms with Crippen molar-refractivity contribution in [3.05, 3.63) is 0 Å². The summed E-state index contributed by atoms with van der Waals surface area (Å²) >= 11 is 2.22. The maximum absolute atomic E-state index is 3.79. The quantitative estimate of drug-likeness (QED) is 0.774. The summed E-state index contributed by atoms with van der Waals surface area (Å²) in [5, 5.41) is 4.61. The van der Waals surface area contributed by atoms with E-state index < -0.39 is 0 Å². The van der Waals surface area contributed by atoms with Crippen molar-refractivity contribution in [2.45, 2.75) is 82.4 Å². The van der Waals surface area contributed by atoms with Crippen LogP contribution in [0.15, 0.2) is 0 Å². The van der Waals surface area contributed by atoms with E-state index in [0.29, 0.717) is 0 Å². The maximum atomic E-state index is 3.79. The highest BCUT2D eigenvalue weighted by Crippen LogP contribution is 2.26. The summed E-state index contributed by atoms with van der Waals surface area (Å²) in [5.74, 6) is 1.28. The Bertz CT molecular complexity index is 233. The lowest BCUT2D eigenvalue weighted by Gasteiger charge is -2.28. The highest BCUT2D eigenvalue weighted by atomic mass is 32.2. The van der Waals surface area contributed by atoms with Crippen LogP contribution < -0.4 is 5.32 Å². The molecular weight excluding hydrogens is 276 g/mol. The van der Waals surface area contributed by atoms with Gasteiger partial charge in [0.2, 0.25) is 0 Å². The zero-order valence-electron chi connectivity index (χ0n) is 14.7. The Labute approximate surface area is 137 Å². The Morgan fingerprint density at radius 1 is 0.905 bits per heavy atom. The molecule has 0 heterocycles. The Hall–Kier alpha value is 0.270. The van der Waals surface area contributed by atoms with Crippen molar-refractivity contribution >= 4 is 11.8 Å². The van der Waals surface area contributed by atoms with Crippen molar-refractivity contribution in [2.24, 2.45) is 0 Å². The van der Waals surface area contributed by atoms with E-state index in [2.05, 4.69) is 43.0 Å². The van der Waals surface area contributed by atoms with Gasteiger partial charge in [0.1, 0.15) is 0 Å². The van der Waals surface area contributed by atoms with Crippen LogP contribution in [0.2, 0.25) is 0 Å². The first-order chi connectivity index (χ1) is 10.2. The number of thioether (sulfide) groups is 1. The van der Waals surface area contributed by atoms with Gasteiger partial charge in [-0.25, -0.2) is 0 Å². The largest absolute Gasteiger partial charge is 0.313 e. The molecule has 1 fully saturated rings. The smallest absolute Gasteiger partial charge is 0.0201 e. The van der Waals surface area contributed by atoms with Gasteiger partial charge in [0.15, 0.2) is 0 Å². The molecule has 2 atom stereocenters. The lowest BCUT2D eigenvalue weighted by molar-refractivity contribution is 0.416. The standard InChI is InChI=1S/C18H38N2S/c1-4-19-17-13-11-9-7-5-6-8-10-12-14-18(17)21-16-15-20(2)3/h17-19H,4-16H2,1-3H3. The zero-order chi connectivity index (χ0) is 15.3. The molecule has 0 radical (unpaired) electrons. The van der Waals surface area contributed by atoms with Gasteiger partial charge >= 0.3 is 0 Å². The van der Waals surface area contributed by atoms with Crippen molar-refractivity contribution in [1.82, 2.24) is 10.2 Å². The molecule has 3 heteroatoms. The highest BCUT2D eigenvalue weighted by Gasteiger charge is 2.20. The van der Waals surface area contributed by atoms with Gasteiger partial charge in [0, 0.05) is 23.6 Å². The second-order valence-electron chi connectivity index (χ2n) is 6.78. The molecule has 1 aliphatic rings. The molecule has 126 valence electrons. The second kappa shape index (κ2) is 12.8. The van der Waals surface area contributed by atoms with E-state index in [1.165, 1.54) is 76.5 Å². The Morgan fingerprint density at radius 2 is 1.48 bits per heavy atom. The highest BCUT2D eigenvalue weighted by molar-refractivity contribution is 8.00. The van der Waals surface area contributed by atoms with Crippen LogP contribution in [0.25, 0.3) is 0 Å². The van der Waals surface area contributed by atoms with Crippen LogP contribution in [-0.2, 0) is 0 Å². The van der Waals surface area contributed by atoms with Crippen molar-refractivity contribution < 1.29 is 0 Å². The Kier molecular flexibility index (Phi) is 11.8. The van der Waals surface area contributed by atoms with Gasteiger partial charge in [-0.2, -0.15) is 11.8 Å². The van der Waals surface area contributed by atoms with E-state index in [-0.39, 0.29) is 0 Å². The van der Waals surface area contributed by atoms with Crippen molar-refractivity contribution in [3.63, 3.8) is 0 Å². The van der Waals surface area contributed by atoms with E-state index >= 15 is 0 Å². The maximum Gasteiger partial charge on any atom is 0.0201 e. The summed E-state index contributed by atoms with van der Waals surface area (Å²) in [6.45, 7) is 4.59. The molecular formula is C18H38N2S. The van der Waals surface area contributed by atoms with E-state index in [4.69, 9.17) is 0 Å². The fourth-order valence-electron chi connectivity index (χ4n) is 3.24. The normalized spacial score (nSPS) is 26.3. The first kappa shape index (κ1) is 19.3. The van der Waals surface area contributed by atoms with Crippen LogP contribution in [-0.4, -0.2) is 49.1 Å². The third kappa shape index (κ3) is 9.80. The molecule has 0 amide bonds. The van der Waals surface area contributed by atoms with E-state index in [1.807, 2.05) is 0 Å². The molecule has 0 aromatic rings. The first-order valence-corrected chi connectivity index (χ1v) is 10.3. The van der Waals surface area contributed by atoms with Gasteiger partial charge in [0.25, 0.3) is 0 Å². The van der Waals surface area contributed by atoms with Crippen LogP contribution in [0, 0.1) is 0 Å². The summed E-state index contributed by atoms with van der Waals surface area (Å²) in [4.78, 5) is 2.31. The van der Waals surface area contributed by atoms with Crippen molar-refractivity contribution in [2.75, 3.05) is 32.9 Å². The lowest BCUT2D eigenvalue weighted by Crippen LogP contribution is -2.38. The fourth-order valence-corrected chi connectivity index (χ4v) is 4.81. The van der Waals surface area contributed by atoms with Gasteiger partial charge in [-0.05, 0) is 33.5 Å². The molecule has 0 bridgehead atoms. The molecule has 0 aliphatic heterocycles. The van der Waals surface area contributed by atoms with Crippen molar-refractivity contribution in [1.29, 1.82) is 0 Å². The van der Waals surface area contributed by atoms with E-state index in [1.54, 1.807) is 0 Å². The minimum atomic E-state index is 0.738. The van der Waals surface area contributed by atoms with Gasteiger partial charge in [-0.1, -0.05) is 58.3 Å². The molecule has 1 saturated carbocycles. The third-order valence-electron chi connectivity index (χ3n) is 4.54. The molecule has 0 saturated heterocycles. The number of hydrogen-bond acceptors (Lipinski definition) is 3. The Morgan fingerprint density at radius 3 is 2.05 bits per heavy atom. The number of rotatable bonds is 6. The second-order valence-corrected chi connectivity index (χ2v) is 8.13. The average molecular weight is 315 g/mol. The zero-order valence-corrected chi connectivity index (χ0v) is 15.5. The minimum Gasteiger partial charge on any atom is -0.313 e. The van der Waals surface area contributed by atoms with Crippen LogP contribution in [0.4, 0.5) is 0 Å². The SMILES string of the molecule is CCNC1CCCCCCCCCCC1SCCN(C)C. The van der Waals surface area contributed by atoms with Crippen LogP contribution in [0.3, 0.4) is 0 Å². The van der Waals surface area contributed by atoms with Crippen LogP contribution in [0.1, 0.15) is 71.1 Å². The van der Waals surface area contributed by atoms with Gasteiger partial charge in [-0.3, -0.25) is 0 Å². The molecule has 21 heavy (non-hydrogen) atoms. The predicted octanol–water partition coefficient (Wildman–Crippen LogP) is 4.54. The number of hydrogen-bond donors (Lipinski definition) is 1. The van der Waals surface area contributed by atoms with Crippen LogP contribution >= 0.6 is 11.8 Å². The van der Waals surface area contributed by atoms with Gasteiger partial charge < -0.3 is 10.2 Å². The molecule has 0 aromatic heterocycles. The first-order valence-electron chi connectivity index (χ1n) is 9.23. The number of nitrogens with zero attached hydrogens (tertiary/aromatic N) is 1. The molecule has 2 unspecified atom stereocenters. The van der Waals surface area contributed by atoms with E-state index in [0.717, 1.165) is 17.8 Å². The fraction of sp³-hybridized carbons (Fsp3) is 1.00. The van der Waals surface area contributed by atoms with Gasteiger partial charge in [0.05, 0.1) is 0 Å². The summed E-state index contributed by atoms with van der Waals surface area (Å²) in [7, 11) is 4.37. The molecule has 2 nitrogen and oxygen atoms in total. The average Bonchev–Trinajstić information content (AvgIpc) is 2.44. The predicted molar refractivity (Wildman–Crippen MR) is 98.4 cm³/mol. The molecule has 0 spiro atoms. The Balaban J connectivity index is 2.48. The summed E-state index contributed by atoms with van der Waals surface area (Å²) in [6, 6.07) is 0.738. The third-order valence-corrected chi connectivity index (χ3v) is 5.95. The summed E-state index contributed by atoms with van der Waals surface area (Å²) in [5.41, 5.74) is 0. The monoisotopic (exact) mass is 314 g/mol. The van der Waals surface area contributed by atoms with Crippen LogP contribution in [0.5, 0.6) is 0 Å². The lowest BCUT2D eigenvalue weighted by atomic mass is 9.97.